The molecule has 0 unspecified atom stereocenters. The zero-order valence-corrected chi connectivity index (χ0v) is 10.7. The number of aliphatic carboxylic acids is 1. The lowest BCUT2D eigenvalue weighted by Crippen LogP contribution is -1.95. The summed E-state index contributed by atoms with van der Waals surface area (Å²) in [5.41, 5.74) is 1.95. The van der Waals surface area contributed by atoms with Crippen molar-refractivity contribution in [3.8, 4) is 0 Å². The van der Waals surface area contributed by atoms with Gasteiger partial charge in [-0.25, -0.2) is 4.79 Å². The Morgan fingerprint density at radius 3 is 2.67 bits per heavy atom. The minimum Gasteiger partial charge on any atom is -0.478 e. The molecule has 3 heteroatoms. The lowest BCUT2D eigenvalue weighted by atomic mass is 10.1. The molecule has 0 saturated carbocycles. The van der Waals surface area contributed by atoms with Crippen molar-refractivity contribution in [1.29, 1.82) is 0 Å². The molecule has 18 heavy (non-hydrogen) atoms. The highest BCUT2D eigenvalue weighted by Gasteiger charge is 2.08. The van der Waals surface area contributed by atoms with Gasteiger partial charge in [-0.2, -0.15) is 0 Å². The predicted octanol–water partition coefficient (Wildman–Crippen LogP) is 4.04. The van der Waals surface area contributed by atoms with Gasteiger partial charge in [-0.1, -0.05) is 26.0 Å². The van der Waals surface area contributed by atoms with Crippen molar-refractivity contribution in [2.75, 3.05) is 0 Å². The Balaban J connectivity index is 2.44. The Hall–Kier alpha value is -2.03. The summed E-state index contributed by atoms with van der Waals surface area (Å²) in [5.74, 6) is 0.385. The maximum atomic E-state index is 10.8. The van der Waals surface area contributed by atoms with Crippen LogP contribution in [0.25, 0.3) is 17.0 Å². The summed E-state index contributed by atoms with van der Waals surface area (Å²) in [4.78, 5) is 10.8. The first-order valence-corrected chi connectivity index (χ1v) is 5.92. The Labute approximate surface area is 106 Å². The standard InChI is InChI=1S/C15H16O3/c1-9(2)13-8-12-5-4-11(7-14(12)18-13)6-10(3)15(16)17/h4-9H,1-3H3,(H,16,17)/b10-6-. The topological polar surface area (TPSA) is 50.4 Å². The molecule has 1 aromatic heterocycles. The Bertz CT molecular complexity index is 618. The fraction of sp³-hybridized carbons (Fsp3) is 0.267. The molecule has 0 bridgehead atoms. The van der Waals surface area contributed by atoms with Gasteiger partial charge in [0.15, 0.2) is 0 Å². The molecule has 0 amide bonds. The van der Waals surface area contributed by atoms with Gasteiger partial charge >= 0.3 is 5.97 Å². The molecule has 3 nitrogen and oxygen atoms in total. The molecule has 0 spiro atoms. The van der Waals surface area contributed by atoms with Gasteiger partial charge in [0.1, 0.15) is 11.3 Å². The molecular weight excluding hydrogens is 228 g/mol. The number of rotatable bonds is 3. The van der Waals surface area contributed by atoms with Crippen LogP contribution in [0.4, 0.5) is 0 Å². The van der Waals surface area contributed by atoms with E-state index in [1.165, 1.54) is 0 Å². The monoisotopic (exact) mass is 244 g/mol. The second-order valence-electron chi connectivity index (χ2n) is 4.73. The molecule has 0 aliphatic heterocycles. The van der Waals surface area contributed by atoms with Crippen LogP contribution in [-0.2, 0) is 4.79 Å². The summed E-state index contributed by atoms with van der Waals surface area (Å²) in [6, 6.07) is 7.74. The largest absolute Gasteiger partial charge is 0.478 e. The third kappa shape index (κ3) is 2.45. The number of hydrogen-bond acceptors (Lipinski definition) is 2. The van der Waals surface area contributed by atoms with Gasteiger partial charge in [0, 0.05) is 16.9 Å². The van der Waals surface area contributed by atoms with E-state index in [1.54, 1.807) is 13.0 Å². The molecule has 0 fully saturated rings. The minimum absolute atomic E-state index is 0.310. The van der Waals surface area contributed by atoms with Gasteiger partial charge in [-0.3, -0.25) is 0 Å². The maximum Gasteiger partial charge on any atom is 0.331 e. The number of carboxylic acid groups (broad SMARTS) is 1. The Morgan fingerprint density at radius 2 is 2.06 bits per heavy atom. The lowest BCUT2D eigenvalue weighted by molar-refractivity contribution is -0.132. The smallest absolute Gasteiger partial charge is 0.331 e. The molecule has 0 aliphatic rings. The first kappa shape index (κ1) is 12.4. The van der Waals surface area contributed by atoms with E-state index >= 15 is 0 Å². The van der Waals surface area contributed by atoms with Crippen molar-refractivity contribution in [2.45, 2.75) is 26.7 Å². The van der Waals surface area contributed by atoms with Crippen LogP contribution < -0.4 is 0 Å². The fourth-order valence-corrected chi connectivity index (χ4v) is 1.75. The van der Waals surface area contributed by atoms with Gasteiger partial charge in [0.2, 0.25) is 0 Å². The maximum absolute atomic E-state index is 10.8. The number of carboxylic acids is 1. The van der Waals surface area contributed by atoms with Gasteiger partial charge < -0.3 is 9.52 Å². The molecule has 1 N–H and O–H groups in total. The summed E-state index contributed by atoms with van der Waals surface area (Å²) in [6.07, 6.45) is 1.64. The zero-order chi connectivity index (χ0) is 13.3. The molecule has 0 saturated heterocycles. The van der Waals surface area contributed by atoms with Crippen LogP contribution in [0.1, 0.15) is 38.0 Å². The molecule has 1 aromatic carbocycles. The highest BCUT2D eigenvalue weighted by molar-refractivity contribution is 5.92. The van der Waals surface area contributed by atoms with E-state index in [4.69, 9.17) is 9.52 Å². The number of carbonyl (C=O) groups is 1. The van der Waals surface area contributed by atoms with E-state index in [0.29, 0.717) is 11.5 Å². The third-order valence-electron chi connectivity index (χ3n) is 2.85. The van der Waals surface area contributed by atoms with Crippen LogP contribution in [0.3, 0.4) is 0 Å². The number of fused-ring (bicyclic) bond motifs is 1. The van der Waals surface area contributed by atoms with E-state index < -0.39 is 5.97 Å². The molecule has 1 heterocycles. The quantitative estimate of drug-likeness (QED) is 0.829. The van der Waals surface area contributed by atoms with Crippen LogP contribution in [0.5, 0.6) is 0 Å². The minimum atomic E-state index is -0.905. The van der Waals surface area contributed by atoms with Crippen molar-refractivity contribution >= 4 is 23.0 Å². The highest BCUT2D eigenvalue weighted by Crippen LogP contribution is 2.26. The van der Waals surface area contributed by atoms with E-state index in [2.05, 4.69) is 13.8 Å². The van der Waals surface area contributed by atoms with Gasteiger partial charge in [-0.05, 0) is 30.7 Å². The van der Waals surface area contributed by atoms with Crippen LogP contribution in [0.15, 0.2) is 34.3 Å². The second-order valence-corrected chi connectivity index (χ2v) is 4.73. The normalized spacial score (nSPS) is 12.3. The molecule has 0 atom stereocenters. The Kier molecular flexibility index (Phi) is 3.24. The van der Waals surface area contributed by atoms with Gasteiger partial charge in [-0.15, -0.1) is 0 Å². The summed E-state index contributed by atoms with van der Waals surface area (Å²) in [5, 5.41) is 9.89. The van der Waals surface area contributed by atoms with E-state index in [1.807, 2.05) is 24.3 Å². The number of hydrogen-bond donors (Lipinski definition) is 1. The molecule has 2 rings (SSSR count). The summed E-state index contributed by atoms with van der Waals surface area (Å²) in [7, 11) is 0. The fourth-order valence-electron chi connectivity index (χ4n) is 1.75. The van der Waals surface area contributed by atoms with Crippen LogP contribution >= 0.6 is 0 Å². The average molecular weight is 244 g/mol. The molecule has 2 aromatic rings. The highest BCUT2D eigenvalue weighted by atomic mass is 16.4. The first-order valence-electron chi connectivity index (χ1n) is 5.92. The number of furan rings is 1. The first-order chi connectivity index (χ1) is 8.47. The number of benzene rings is 1. The van der Waals surface area contributed by atoms with Crippen molar-refractivity contribution < 1.29 is 14.3 Å². The third-order valence-corrected chi connectivity index (χ3v) is 2.85. The van der Waals surface area contributed by atoms with Gasteiger partial charge in [0.05, 0.1) is 0 Å². The lowest BCUT2D eigenvalue weighted by Gasteiger charge is -1.97. The molecule has 94 valence electrons. The van der Waals surface area contributed by atoms with Crippen molar-refractivity contribution in [1.82, 2.24) is 0 Å². The zero-order valence-electron chi connectivity index (χ0n) is 10.7. The Morgan fingerprint density at radius 1 is 1.33 bits per heavy atom. The average Bonchev–Trinajstić information content (AvgIpc) is 2.71. The van der Waals surface area contributed by atoms with E-state index in [9.17, 15) is 4.79 Å². The summed E-state index contributed by atoms with van der Waals surface area (Å²) in [6.45, 7) is 5.73. The van der Waals surface area contributed by atoms with Crippen molar-refractivity contribution in [3.63, 3.8) is 0 Å². The van der Waals surface area contributed by atoms with Crippen LogP contribution in [0, 0.1) is 0 Å². The second kappa shape index (κ2) is 4.69. The van der Waals surface area contributed by atoms with Crippen LogP contribution in [-0.4, -0.2) is 11.1 Å². The predicted molar refractivity (Wildman–Crippen MR) is 71.6 cm³/mol. The van der Waals surface area contributed by atoms with E-state index in [0.717, 1.165) is 22.3 Å². The SMILES string of the molecule is C/C(=C/c1ccc2cc(C(C)C)oc2c1)C(=O)O. The summed E-state index contributed by atoms with van der Waals surface area (Å²) >= 11 is 0. The van der Waals surface area contributed by atoms with E-state index in [-0.39, 0.29) is 0 Å². The molecular formula is C15H16O3. The molecule has 0 radical (unpaired) electrons. The molecule has 0 aliphatic carbocycles. The van der Waals surface area contributed by atoms with Crippen LogP contribution in [0.2, 0.25) is 0 Å². The van der Waals surface area contributed by atoms with Crippen molar-refractivity contribution in [3.05, 3.63) is 41.2 Å². The van der Waals surface area contributed by atoms with Gasteiger partial charge in [0.25, 0.3) is 0 Å². The summed E-state index contributed by atoms with van der Waals surface area (Å²) < 4.78 is 5.74. The van der Waals surface area contributed by atoms with Crippen molar-refractivity contribution in [2.24, 2.45) is 0 Å².